The standard InChI is InChI=1S/C23H31NO3.C6H6/c1-17(2)24(18(3)4)14-8-11-20-15-21(12-13-22(20)25)23(26)27-16-19-9-6-5-7-10-19;1-2-4-6-5-3-1/h5-7,9-10,12-13,15,17-18,25H,8,11,14,16H2,1-4H3;1-6H. The summed E-state index contributed by atoms with van der Waals surface area (Å²) in [5.74, 6) is -0.138. The highest BCUT2D eigenvalue weighted by Gasteiger charge is 2.14. The normalized spacial score (nSPS) is 10.8. The summed E-state index contributed by atoms with van der Waals surface area (Å²) >= 11 is 0. The van der Waals surface area contributed by atoms with Crippen molar-refractivity contribution >= 4 is 5.97 Å². The van der Waals surface area contributed by atoms with E-state index < -0.39 is 0 Å². The monoisotopic (exact) mass is 447 g/mol. The van der Waals surface area contributed by atoms with E-state index in [4.69, 9.17) is 4.74 Å². The van der Waals surface area contributed by atoms with E-state index in [1.807, 2.05) is 66.7 Å². The van der Waals surface area contributed by atoms with Gasteiger partial charge >= 0.3 is 5.97 Å². The van der Waals surface area contributed by atoms with Gasteiger partial charge in [-0.05, 0) is 76.4 Å². The van der Waals surface area contributed by atoms with E-state index in [-0.39, 0.29) is 18.3 Å². The molecule has 0 aliphatic carbocycles. The first-order valence-corrected chi connectivity index (χ1v) is 11.7. The van der Waals surface area contributed by atoms with Crippen LogP contribution in [0.5, 0.6) is 5.75 Å². The van der Waals surface area contributed by atoms with Crippen LogP contribution in [0.15, 0.2) is 84.9 Å². The lowest BCUT2D eigenvalue weighted by Gasteiger charge is -2.30. The van der Waals surface area contributed by atoms with Crippen molar-refractivity contribution in [3.05, 3.63) is 102 Å². The number of aryl methyl sites for hydroxylation is 1. The maximum atomic E-state index is 12.3. The zero-order chi connectivity index (χ0) is 24.1. The highest BCUT2D eigenvalue weighted by molar-refractivity contribution is 5.89. The Morgan fingerprint density at radius 1 is 0.848 bits per heavy atom. The predicted molar refractivity (Wildman–Crippen MR) is 135 cm³/mol. The van der Waals surface area contributed by atoms with Crippen molar-refractivity contribution in [3.8, 4) is 5.75 Å². The zero-order valence-electron chi connectivity index (χ0n) is 20.3. The molecule has 0 unspecified atom stereocenters. The summed E-state index contributed by atoms with van der Waals surface area (Å²) in [6.07, 6.45) is 1.65. The third-order valence-electron chi connectivity index (χ3n) is 5.38. The van der Waals surface area contributed by atoms with E-state index in [1.165, 1.54) is 0 Å². The maximum absolute atomic E-state index is 12.3. The number of ether oxygens (including phenoxy) is 1. The van der Waals surface area contributed by atoms with E-state index in [0.29, 0.717) is 17.6 Å². The highest BCUT2D eigenvalue weighted by atomic mass is 16.5. The lowest BCUT2D eigenvalue weighted by Crippen LogP contribution is -2.37. The molecule has 176 valence electrons. The van der Waals surface area contributed by atoms with Gasteiger partial charge in [-0.25, -0.2) is 4.79 Å². The SMILES string of the molecule is CC(C)N(CCCc1cc(C(=O)OCc2ccccc2)ccc1O)C(C)C.c1ccccc1. The van der Waals surface area contributed by atoms with Crippen molar-refractivity contribution in [3.63, 3.8) is 0 Å². The van der Waals surface area contributed by atoms with Crippen LogP contribution in [0.2, 0.25) is 0 Å². The van der Waals surface area contributed by atoms with Crippen molar-refractivity contribution in [1.82, 2.24) is 4.90 Å². The molecule has 0 atom stereocenters. The van der Waals surface area contributed by atoms with Gasteiger partial charge in [0.05, 0.1) is 5.56 Å². The van der Waals surface area contributed by atoms with E-state index >= 15 is 0 Å². The lowest BCUT2D eigenvalue weighted by molar-refractivity contribution is 0.0472. The number of rotatable bonds is 9. The molecule has 0 aromatic heterocycles. The van der Waals surface area contributed by atoms with Crippen LogP contribution in [-0.2, 0) is 17.8 Å². The number of carbonyl (C=O) groups is 1. The highest BCUT2D eigenvalue weighted by Crippen LogP contribution is 2.21. The van der Waals surface area contributed by atoms with Gasteiger partial charge in [0.1, 0.15) is 12.4 Å². The Morgan fingerprint density at radius 3 is 1.94 bits per heavy atom. The van der Waals surface area contributed by atoms with E-state index in [2.05, 4.69) is 32.6 Å². The lowest BCUT2D eigenvalue weighted by atomic mass is 10.0. The number of carbonyl (C=O) groups excluding carboxylic acids is 1. The van der Waals surface area contributed by atoms with Crippen molar-refractivity contribution in [2.75, 3.05) is 6.54 Å². The molecule has 4 nitrogen and oxygen atoms in total. The van der Waals surface area contributed by atoms with Crippen LogP contribution in [0.1, 0.15) is 55.6 Å². The third-order valence-corrected chi connectivity index (χ3v) is 5.38. The second kappa shape index (κ2) is 14.1. The zero-order valence-corrected chi connectivity index (χ0v) is 20.3. The van der Waals surface area contributed by atoms with Gasteiger partial charge in [0, 0.05) is 12.1 Å². The molecule has 0 spiro atoms. The van der Waals surface area contributed by atoms with Crippen LogP contribution in [0, 0.1) is 0 Å². The first-order chi connectivity index (χ1) is 15.9. The molecule has 1 N–H and O–H groups in total. The first-order valence-electron chi connectivity index (χ1n) is 11.7. The number of benzene rings is 3. The first kappa shape index (κ1) is 26.1. The number of phenols is 1. The number of hydrogen-bond acceptors (Lipinski definition) is 4. The number of nitrogens with zero attached hydrogens (tertiary/aromatic N) is 1. The van der Waals surface area contributed by atoms with Crippen LogP contribution < -0.4 is 0 Å². The smallest absolute Gasteiger partial charge is 0.338 e. The molecule has 3 aromatic rings. The molecule has 0 heterocycles. The van der Waals surface area contributed by atoms with Crippen molar-refractivity contribution in [2.45, 2.75) is 59.2 Å². The summed E-state index contributed by atoms with van der Waals surface area (Å²) in [7, 11) is 0. The molecular weight excluding hydrogens is 410 g/mol. The minimum Gasteiger partial charge on any atom is -0.508 e. The number of esters is 1. The average molecular weight is 448 g/mol. The van der Waals surface area contributed by atoms with Gasteiger partial charge in [-0.3, -0.25) is 4.90 Å². The third kappa shape index (κ3) is 9.50. The number of aromatic hydroxyl groups is 1. The summed E-state index contributed by atoms with van der Waals surface area (Å²) in [5.41, 5.74) is 2.22. The van der Waals surface area contributed by atoms with Gasteiger partial charge in [-0.15, -0.1) is 0 Å². The summed E-state index contributed by atoms with van der Waals surface area (Å²) < 4.78 is 5.39. The molecule has 0 aliphatic heterocycles. The summed E-state index contributed by atoms with van der Waals surface area (Å²) in [6, 6.07) is 27.5. The van der Waals surface area contributed by atoms with Crippen LogP contribution in [0.3, 0.4) is 0 Å². The van der Waals surface area contributed by atoms with Gasteiger partial charge in [0.15, 0.2) is 0 Å². The van der Waals surface area contributed by atoms with Gasteiger partial charge in [-0.2, -0.15) is 0 Å². The van der Waals surface area contributed by atoms with Crippen molar-refractivity contribution in [1.29, 1.82) is 0 Å². The second-order valence-corrected chi connectivity index (χ2v) is 8.59. The predicted octanol–water partition coefficient (Wildman–Crippen LogP) is 6.49. The molecule has 0 aliphatic rings. The molecule has 0 saturated carbocycles. The summed E-state index contributed by atoms with van der Waals surface area (Å²) in [4.78, 5) is 14.8. The fourth-order valence-electron chi connectivity index (χ4n) is 3.67. The van der Waals surface area contributed by atoms with E-state index in [0.717, 1.165) is 30.5 Å². The van der Waals surface area contributed by atoms with Gasteiger partial charge in [0.2, 0.25) is 0 Å². The minimum atomic E-state index is -0.369. The number of phenolic OH excluding ortho intramolecular Hbond substituents is 1. The fraction of sp³-hybridized carbons (Fsp3) is 0.345. The van der Waals surface area contributed by atoms with Crippen LogP contribution in [0.25, 0.3) is 0 Å². The van der Waals surface area contributed by atoms with Gasteiger partial charge in [0.25, 0.3) is 0 Å². The van der Waals surface area contributed by atoms with E-state index in [9.17, 15) is 9.90 Å². The molecule has 33 heavy (non-hydrogen) atoms. The topological polar surface area (TPSA) is 49.8 Å². The van der Waals surface area contributed by atoms with Crippen LogP contribution in [0.4, 0.5) is 0 Å². The Bertz CT molecular complexity index is 905. The Balaban J connectivity index is 0.000000554. The quantitative estimate of drug-likeness (QED) is 0.381. The van der Waals surface area contributed by atoms with Crippen LogP contribution >= 0.6 is 0 Å². The molecule has 0 radical (unpaired) electrons. The average Bonchev–Trinajstić information content (AvgIpc) is 2.83. The molecule has 0 bridgehead atoms. The maximum Gasteiger partial charge on any atom is 0.338 e. The number of hydrogen-bond donors (Lipinski definition) is 1. The van der Waals surface area contributed by atoms with Crippen molar-refractivity contribution in [2.24, 2.45) is 0 Å². The molecular formula is C29H37NO3. The Labute approximate surface area is 198 Å². The summed E-state index contributed by atoms with van der Waals surface area (Å²) in [5, 5.41) is 10.1. The van der Waals surface area contributed by atoms with Gasteiger partial charge < -0.3 is 9.84 Å². The fourth-order valence-corrected chi connectivity index (χ4v) is 3.67. The summed E-state index contributed by atoms with van der Waals surface area (Å²) in [6.45, 7) is 9.98. The van der Waals surface area contributed by atoms with Gasteiger partial charge in [-0.1, -0.05) is 66.7 Å². The van der Waals surface area contributed by atoms with Crippen molar-refractivity contribution < 1.29 is 14.6 Å². The molecule has 4 heteroatoms. The van der Waals surface area contributed by atoms with E-state index in [1.54, 1.807) is 18.2 Å². The molecule has 0 fully saturated rings. The molecule has 0 amide bonds. The Hall–Kier alpha value is -3.11. The Kier molecular flexibility index (Phi) is 11.2. The Morgan fingerprint density at radius 2 is 1.39 bits per heavy atom. The largest absolute Gasteiger partial charge is 0.508 e. The van der Waals surface area contributed by atoms with Crippen LogP contribution in [-0.4, -0.2) is 34.6 Å². The second-order valence-electron chi connectivity index (χ2n) is 8.59. The minimum absolute atomic E-state index is 0.232. The molecule has 0 saturated heterocycles. The molecule has 3 aromatic carbocycles. The molecule has 3 rings (SSSR count).